The summed E-state index contributed by atoms with van der Waals surface area (Å²) in [5, 5.41) is 10.1. The number of aliphatic hydroxyl groups is 1. The summed E-state index contributed by atoms with van der Waals surface area (Å²) in [4.78, 5) is 0. The smallest absolute Gasteiger partial charge is 0.0836 e. The number of unbranched alkanes of at least 4 members (excludes halogenated alkanes) is 2. The van der Waals surface area contributed by atoms with Gasteiger partial charge in [0.15, 0.2) is 0 Å². The Bertz CT molecular complexity index is 225. The number of aliphatic hydroxyl groups excluding tert-OH is 1. The number of ether oxygens (including phenoxy) is 1. The fraction of sp³-hybridized carbons (Fsp3) is 1.00. The molecule has 3 atom stereocenters. The van der Waals surface area contributed by atoms with E-state index >= 15 is 0 Å². The Hall–Kier alpha value is -0.0800. The van der Waals surface area contributed by atoms with E-state index in [0.29, 0.717) is 11.3 Å². The third kappa shape index (κ3) is 4.55. The first-order valence-corrected chi connectivity index (χ1v) is 7.81. The molecule has 3 unspecified atom stereocenters. The standard InChI is InChI=1S/C16H32O2/c1-5-7-8-11-18-15-12-13(9-10-14(15)17)16(3,4)6-2/h13-15,17H,5-12H2,1-4H3. The van der Waals surface area contributed by atoms with Crippen molar-refractivity contribution in [3.05, 3.63) is 0 Å². The molecule has 2 nitrogen and oxygen atoms in total. The fourth-order valence-electron chi connectivity index (χ4n) is 2.88. The SMILES string of the molecule is CCCCCOC1CC(C(C)(C)CC)CCC1O. The number of hydrogen-bond acceptors (Lipinski definition) is 2. The maximum atomic E-state index is 10.1. The van der Waals surface area contributed by atoms with E-state index < -0.39 is 0 Å². The third-order valence-corrected chi connectivity index (χ3v) is 4.85. The summed E-state index contributed by atoms with van der Waals surface area (Å²) in [5.74, 6) is 0.696. The van der Waals surface area contributed by atoms with Gasteiger partial charge in [-0.3, -0.25) is 0 Å². The van der Waals surface area contributed by atoms with Gasteiger partial charge in [0.2, 0.25) is 0 Å². The van der Waals surface area contributed by atoms with Crippen LogP contribution in [-0.4, -0.2) is 23.9 Å². The first-order chi connectivity index (χ1) is 8.51. The molecular formula is C16H32O2. The van der Waals surface area contributed by atoms with Gasteiger partial charge in [0, 0.05) is 6.61 Å². The zero-order valence-corrected chi connectivity index (χ0v) is 12.7. The highest BCUT2D eigenvalue weighted by Gasteiger charge is 2.36. The lowest BCUT2D eigenvalue weighted by Crippen LogP contribution is -2.40. The van der Waals surface area contributed by atoms with Crippen molar-refractivity contribution >= 4 is 0 Å². The monoisotopic (exact) mass is 256 g/mol. The van der Waals surface area contributed by atoms with Crippen molar-refractivity contribution in [2.75, 3.05) is 6.61 Å². The Kier molecular flexibility index (Phi) is 6.65. The molecule has 0 radical (unpaired) electrons. The summed E-state index contributed by atoms with van der Waals surface area (Å²) in [7, 11) is 0. The van der Waals surface area contributed by atoms with Crippen molar-refractivity contribution in [3.63, 3.8) is 0 Å². The van der Waals surface area contributed by atoms with Crippen molar-refractivity contribution in [2.24, 2.45) is 11.3 Å². The van der Waals surface area contributed by atoms with Crippen molar-refractivity contribution < 1.29 is 9.84 Å². The van der Waals surface area contributed by atoms with Gasteiger partial charge in [-0.1, -0.05) is 47.0 Å². The van der Waals surface area contributed by atoms with Crippen LogP contribution in [0.25, 0.3) is 0 Å². The molecule has 0 aliphatic heterocycles. The zero-order chi connectivity index (χ0) is 13.6. The molecule has 0 aromatic carbocycles. The summed E-state index contributed by atoms with van der Waals surface area (Å²) >= 11 is 0. The van der Waals surface area contributed by atoms with Crippen LogP contribution in [0.5, 0.6) is 0 Å². The molecule has 0 aromatic rings. The number of hydrogen-bond donors (Lipinski definition) is 1. The Morgan fingerprint density at radius 1 is 1.17 bits per heavy atom. The van der Waals surface area contributed by atoms with Crippen molar-refractivity contribution in [1.82, 2.24) is 0 Å². The van der Waals surface area contributed by atoms with Gasteiger partial charge in [0.1, 0.15) is 0 Å². The normalized spacial score (nSPS) is 29.5. The molecule has 0 amide bonds. The van der Waals surface area contributed by atoms with Crippen LogP contribution in [0.4, 0.5) is 0 Å². The van der Waals surface area contributed by atoms with Crippen LogP contribution in [-0.2, 0) is 4.74 Å². The molecule has 1 aliphatic rings. The van der Waals surface area contributed by atoms with Crippen LogP contribution in [0.1, 0.15) is 72.6 Å². The van der Waals surface area contributed by atoms with Crippen LogP contribution in [0.15, 0.2) is 0 Å². The second-order valence-electron chi connectivity index (χ2n) is 6.54. The van der Waals surface area contributed by atoms with Gasteiger partial charge in [0.05, 0.1) is 12.2 Å². The Balaban J connectivity index is 2.41. The van der Waals surface area contributed by atoms with Crippen LogP contribution in [0.2, 0.25) is 0 Å². The summed E-state index contributed by atoms with van der Waals surface area (Å²) in [6.45, 7) is 9.99. The molecule has 18 heavy (non-hydrogen) atoms. The molecule has 1 N–H and O–H groups in total. The Morgan fingerprint density at radius 3 is 2.50 bits per heavy atom. The summed E-state index contributed by atoms with van der Waals surface area (Å²) in [6, 6.07) is 0. The highest BCUT2D eigenvalue weighted by Crippen LogP contribution is 2.41. The minimum Gasteiger partial charge on any atom is -0.390 e. The average molecular weight is 256 g/mol. The third-order valence-electron chi connectivity index (χ3n) is 4.85. The van der Waals surface area contributed by atoms with E-state index in [2.05, 4.69) is 27.7 Å². The van der Waals surface area contributed by atoms with Crippen LogP contribution >= 0.6 is 0 Å². The predicted octanol–water partition coefficient (Wildman–Crippen LogP) is 4.16. The first-order valence-electron chi connectivity index (χ1n) is 7.81. The molecule has 2 heteroatoms. The van der Waals surface area contributed by atoms with Gasteiger partial charge in [0.25, 0.3) is 0 Å². The van der Waals surface area contributed by atoms with Gasteiger partial charge < -0.3 is 9.84 Å². The fourth-order valence-corrected chi connectivity index (χ4v) is 2.88. The molecule has 0 aromatic heterocycles. The summed E-state index contributed by atoms with van der Waals surface area (Å²) in [6.07, 6.45) is 7.71. The van der Waals surface area contributed by atoms with Crippen LogP contribution < -0.4 is 0 Å². The molecule has 1 fully saturated rings. The molecule has 0 saturated heterocycles. The molecule has 0 heterocycles. The molecule has 1 aliphatic carbocycles. The minimum atomic E-state index is -0.240. The highest BCUT2D eigenvalue weighted by atomic mass is 16.5. The largest absolute Gasteiger partial charge is 0.390 e. The van der Waals surface area contributed by atoms with Gasteiger partial charge in [-0.05, 0) is 37.0 Å². The van der Waals surface area contributed by atoms with Gasteiger partial charge in [-0.2, -0.15) is 0 Å². The van der Waals surface area contributed by atoms with E-state index in [9.17, 15) is 5.11 Å². The predicted molar refractivity (Wildman–Crippen MR) is 76.7 cm³/mol. The average Bonchev–Trinajstić information content (AvgIpc) is 2.36. The summed E-state index contributed by atoms with van der Waals surface area (Å²) < 4.78 is 5.92. The van der Waals surface area contributed by atoms with E-state index in [-0.39, 0.29) is 12.2 Å². The molecular weight excluding hydrogens is 224 g/mol. The van der Waals surface area contributed by atoms with E-state index in [4.69, 9.17) is 4.74 Å². The lowest BCUT2D eigenvalue weighted by molar-refractivity contribution is -0.0864. The quantitative estimate of drug-likeness (QED) is 0.693. The zero-order valence-electron chi connectivity index (χ0n) is 12.7. The van der Waals surface area contributed by atoms with Crippen molar-refractivity contribution in [2.45, 2.75) is 84.8 Å². The summed E-state index contributed by atoms with van der Waals surface area (Å²) in [5.41, 5.74) is 0.380. The maximum Gasteiger partial charge on any atom is 0.0836 e. The lowest BCUT2D eigenvalue weighted by atomic mass is 9.68. The van der Waals surface area contributed by atoms with Gasteiger partial charge in [-0.15, -0.1) is 0 Å². The lowest BCUT2D eigenvalue weighted by Gasteiger charge is -2.41. The Morgan fingerprint density at radius 2 is 1.89 bits per heavy atom. The topological polar surface area (TPSA) is 29.5 Å². The van der Waals surface area contributed by atoms with E-state index in [0.717, 1.165) is 32.3 Å². The van der Waals surface area contributed by atoms with E-state index in [1.165, 1.54) is 19.3 Å². The van der Waals surface area contributed by atoms with Crippen LogP contribution in [0, 0.1) is 11.3 Å². The molecule has 1 saturated carbocycles. The molecule has 1 rings (SSSR count). The molecule has 0 spiro atoms. The van der Waals surface area contributed by atoms with Crippen LogP contribution in [0.3, 0.4) is 0 Å². The molecule has 108 valence electrons. The van der Waals surface area contributed by atoms with Gasteiger partial charge in [-0.25, -0.2) is 0 Å². The van der Waals surface area contributed by atoms with Gasteiger partial charge >= 0.3 is 0 Å². The van der Waals surface area contributed by atoms with E-state index in [1.807, 2.05) is 0 Å². The van der Waals surface area contributed by atoms with Crippen molar-refractivity contribution in [1.29, 1.82) is 0 Å². The first kappa shape index (κ1) is 16.0. The highest BCUT2D eigenvalue weighted by molar-refractivity contribution is 4.87. The maximum absolute atomic E-state index is 10.1. The van der Waals surface area contributed by atoms with E-state index in [1.54, 1.807) is 0 Å². The second-order valence-corrected chi connectivity index (χ2v) is 6.54. The minimum absolute atomic E-state index is 0.0754. The Labute approximate surface area is 113 Å². The van der Waals surface area contributed by atoms with Crippen molar-refractivity contribution in [3.8, 4) is 0 Å². The second kappa shape index (κ2) is 7.49. The number of rotatable bonds is 7. The molecule has 0 bridgehead atoms.